The lowest BCUT2D eigenvalue weighted by Gasteiger charge is -1.98. The van der Waals surface area contributed by atoms with Crippen LogP contribution in [0.2, 0.25) is 5.02 Å². The molecule has 0 aromatic heterocycles. The van der Waals surface area contributed by atoms with Crippen LogP contribution in [0.1, 0.15) is 79.2 Å². The minimum absolute atomic E-state index is 0.141. The molecule has 10 aromatic rings. The number of hydrogen-bond donors (Lipinski definition) is 1. The van der Waals surface area contributed by atoms with Crippen LogP contribution in [-0.4, -0.2) is 5.11 Å². The van der Waals surface area contributed by atoms with Gasteiger partial charge in [-0.25, -0.2) is 0 Å². The van der Waals surface area contributed by atoms with Crippen molar-refractivity contribution < 1.29 is 5.11 Å². The van der Waals surface area contributed by atoms with E-state index in [1.807, 2.05) is 80.6 Å². The Morgan fingerprint density at radius 3 is 1.18 bits per heavy atom. The van der Waals surface area contributed by atoms with Crippen LogP contribution in [0.5, 0.6) is 0 Å². The summed E-state index contributed by atoms with van der Waals surface area (Å²) in [5.74, 6) is 0. The standard InChI is InChI=1S/2C11H10.2C9H12.C8H10O.C8H10.C7H7Cl.C7H8/c1-9-5-4-7-10-6-2-3-8-11(9)10;1-9-6-7-10-4-2-3-5-11(10)8-9;1-7-4-5-8(2)9(3)6-7;1-3-9-6-4-8(2)5-7-9;1-7-3-2-4-8(5-7)6-9;1-7-3-5-8(2)6-4-7;1-6-2-4-7(8)5-3-6;1-7-5-3-2-4-6-7/h2*2-8H,1H3;4-6H,1-3H3;4-7H,3H2,1-2H3;2-5,9H,6H2,1H3;3-6H,1-2H3;2-5H,1H3;2-6H,1H3. The van der Waals surface area contributed by atoms with Crippen molar-refractivity contribution >= 4 is 33.1 Å². The molecule has 0 bridgehead atoms. The van der Waals surface area contributed by atoms with Gasteiger partial charge in [-0.3, -0.25) is 0 Å². The van der Waals surface area contributed by atoms with Crippen molar-refractivity contribution in [3.8, 4) is 0 Å². The molecule has 0 radical (unpaired) electrons. The number of halogens is 1. The van der Waals surface area contributed by atoms with Crippen LogP contribution < -0.4 is 0 Å². The Labute approximate surface area is 439 Å². The molecule has 0 aliphatic rings. The molecule has 0 amide bonds. The average Bonchev–Trinajstić information content (AvgIpc) is 3.39. The predicted octanol–water partition coefficient (Wildman–Crippen LogP) is 19.9. The largest absolute Gasteiger partial charge is 0.392 e. The Hall–Kier alpha value is -7.03. The zero-order valence-electron chi connectivity index (χ0n) is 45.2. The van der Waals surface area contributed by atoms with E-state index < -0.39 is 0 Å². The summed E-state index contributed by atoms with van der Waals surface area (Å²) in [6, 6.07) is 79.2. The minimum Gasteiger partial charge on any atom is -0.392 e. The first kappa shape index (κ1) is 59.3. The molecule has 0 aliphatic heterocycles. The fraction of sp³-hybridized carbons (Fsp3) is 0.200. The Kier molecular flexibility index (Phi) is 27.6. The molecule has 10 aromatic carbocycles. The molecule has 0 aliphatic carbocycles. The number of aryl methyl sites for hydroxylation is 12. The second-order valence-electron chi connectivity index (χ2n) is 18.3. The van der Waals surface area contributed by atoms with Gasteiger partial charge in [0.2, 0.25) is 0 Å². The van der Waals surface area contributed by atoms with Crippen molar-refractivity contribution in [2.75, 3.05) is 0 Å². The summed E-state index contributed by atoms with van der Waals surface area (Å²) in [6.45, 7) is 25.4. The third-order valence-corrected chi connectivity index (χ3v) is 11.8. The summed E-state index contributed by atoms with van der Waals surface area (Å²) in [4.78, 5) is 0. The first-order valence-electron chi connectivity index (χ1n) is 25.0. The minimum atomic E-state index is 0.141. The Balaban J connectivity index is 0.000000218. The van der Waals surface area contributed by atoms with Crippen molar-refractivity contribution in [2.24, 2.45) is 0 Å². The maximum absolute atomic E-state index is 8.66. The van der Waals surface area contributed by atoms with Crippen molar-refractivity contribution in [2.45, 2.75) is 96.1 Å². The van der Waals surface area contributed by atoms with Gasteiger partial charge in [0.25, 0.3) is 0 Å². The van der Waals surface area contributed by atoms with Gasteiger partial charge in [-0.1, -0.05) is 281 Å². The molecule has 372 valence electrons. The lowest BCUT2D eigenvalue weighted by Crippen LogP contribution is -1.81. The molecule has 0 saturated heterocycles. The molecule has 10 rings (SSSR count). The Morgan fingerprint density at radius 1 is 0.292 bits per heavy atom. The molecule has 0 fully saturated rings. The van der Waals surface area contributed by atoms with Gasteiger partial charge in [0.1, 0.15) is 0 Å². The second-order valence-corrected chi connectivity index (χ2v) is 18.8. The quantitative estimate of drug-likeness (QED) is 0.183. The van der Waals surface area contributed by atoms with E-state index in [4.69, 9.17) is 16.7 Å². The number of rotatable bonds is 2. The van der Waals surface area contributed by atoms with Crippen LogP contribution in [0.15, 0.2) is 231 Å². The summed E-state index contributed by atoms with van der Waals surface area (Å²) in [5.41, 5.74) is 16.9. The summed E-state index contributed by atoms with van der Waals surface area (Å²) in [5, 5.41) is 14.8. The van der Waals surface area contributed by atoms with E-state index in [2.05, 4.69) is 233 Å². The van der Waals surface area contributed by atoms with E-state index >= 15 is 0 Å². The first-order chi connectivity index (χ1) is 34.6. The highest BCUT2D eigenvalue weighted by molar-refractivity contribution is 6.30. The highest BCUT2D eigenvalue weighted by Crippen LogP contribution is 2.17. The normalized spacial score (nSPS) is 9.64. The third kappa shape index (κ3) is 24.7. The Morgan fingerprint density at radius 2 is 0.708 bits per heavy atom. The van der Waals surface area contributed by atoms with Crippen LogP contribution in [0.4, 0.5) is 0 Å². The molecule has 0 unspecified atom stereocenters. The smallest absolute Gasteiger partial charge is 0.0681 e. The van der Waals surface area contributed by atoms with Gasteiger partial charge in [0, 0.05) is 5.02 Å². The van der Waals surface area contributed by atoms with Crippen LogP contribution >= 0.6 is 11.6 Å². The van der Waals surface area contributed by atoms with E-state index in [9.17, 15) is 0 Å². The van der Waals surface area contributed by atoms with Crippen LogP contribution in [0.25, 0.3) is 21.5 Å². The van der Waals surface area contributed by atoms with E-state index in [1.54, 1.807) is 0 Å². The predicted molar refractivity (Wildman–Crippen MR) is 319 cm³/mol. The summed E-state index contributed by atoms with van der Waals surface area (Å²) < 4.78 is 0. The lowest BCUT2D eigenvalue weighted by atomic mass is 10.1. The van der Waals surface area contributed by atoms with Gasteiger partial charge in [0.05, 0.1) is 6.61 Å². The zero-order chi connectivity index (χ0) is 52.7. The van der Waals surface area contributed by atoms with Crippen molar-refractivity contribution in [3.05, 3.63) is 308 Å². The van der Waals surface area contributed by atoms with E-state index in [1.165, 1.54) is 88.3 Å². The second kappa shape index (κ2) is 33.5. The third-order valence-electron chi connectivity index (χ3n) is 11.5. The Bertz CT molecular complexity index is 2930. The van der Waals surface area contributed by atoms with E-state index in [0.717, 1.165) is 17.0 Å². The zero-order valence-corrected chi connectivity index (χ0v) is 45.9. The van der Waals surface area contributed by atoms with Crippen LogP contribution in [0, 0.1) is 76.2 Å². The molecule has 0 atom stereocenters. The highest BCUT2D eigenvalue weighted by atomic mass is 35.5. The molecule has 1 nitrogen and oxygen atoms in total. The lowest BCUT2D eigenvalue weighted by molar-refractivity contribution is 0.282. The van der Waals surface area contributed by atoms with Gasteiger partial charge in [-0.15, -0.1) is 0 Å². The van der Waals surface area contributed by atoms with Gasteiger partial charge >= 0.3 is 0 Å². The summed E-state index contributed by atoms with van der Waals surface area (Å²) in [6.07, 6.45) is 1.14. The molecule has 0 saturated carbocycles. The highest BCUT2D eigenvalue weighted by Gasteiger charge is 1.93. The summed E-state index contributed by atoms with van der Waals surface area (Å²) >= 11 is 5.61. The molecular weight excluding hydrogens is 892 g/mol. The van der Waals surface area contributed by atoms with Crippen LogP contribution in [0.3, 0.4) is 0 Å². The monoisotopic (exact) mass is 971 g/mol. The van der Waals surface area contributed by atoms with E-state index in [0.29, 0.717) is 0 Å². The average molecular weight is 972 g/mol. The van der Waals surface area contributed by atoms with Crippen molar-refractivity contribution in [1.29, 1.82) is 0 Å². The van der Waals surface area contributed by atoms with Crippen LogP contribution in [-0.2, 0) is 13.0 Å². The SMILES string of the molecule is CCc1ccc(C)cc1.Cc1ccc(C)c(C)c1.Cc1ccc(C)cc1.Cc1ccc(Cl)cc1.Cc1ccc2ccccc2c1.Cc1cccc(CO)c1.Cc1cccc2ccccc12.Cc1ccccc1. The molecule has 0 heterocycles. The maximum Gasteiger partial charge on any atom is 0.0681 e. The first-order valence-corrected chi connectivity index (χ1v) is 25.4. The molecule has 0 spiro atoms. The topological polar surface area (TPSA) is 20.2 Å². The summed E-state index contributed by atoms with van der Waals surface area (Å²) in [7, 11) is 0. The molecule has 2 heteroatoms. The number of aliphatic hydroxyl groups excluding tert-OH is 1. The van der Waals surface area contributed by atoms with Crippen molar-refractivity contribution in [3.63, 3.8) is 0 Å². The van der Waals surface area contributed by atoms with E-state index in [-0.39, 0.29) is 6.61 Å². The molecule has 72 heavy (non-hydrogen) atoms. The number of hydrogen-bond acceptors (Lipinski definition) is 1. The van der Waals surface area contributed by atoms with Gasteiger partial charge in [0.15, 0.2) is 0 Å². The number of benzene rings is 10. The fourth-order valence-corrected chi connectivity index (χ4v) is 7.05. The van der Waals surface area contributed by atoms with Gasteiger partial charge < -0.3 is 5.11 Å². The maximum atomic E-state index is 8.66. The number of fused-ring (bicyclic) bond motifs is 2. The fourth-order valence-electron chi connectivity index (χ4n) is 6.93. The molecular formula is C70H79ClO. The van der Waals surface area contributed by atoms with Gasteiger partial charge in [-0.2, -0.15) is 0 Å². The van der Waals surface area contributed by atoms with Gasteiger partial charge in [-0.05, 0) is 144 Å². The number of aliphatic hydroxyl groups is 1. The molecule has 1 N–H and O–H groups in total. The van der Waals surface area contributed by atoms with Crippen molar-refractivity contribution in [1.82, 2.24) is 0 Å².